The van der Waals surface area contributed by atoms with E-state index in [4.69, 9.17) is 0 Å². The Morgan fingerprint density at radius 3 is 2.80 bits per heavy atom. The smallest absolute Gasteiger partial charge is 0.115 e. The molecule has 1 unspecified atom stereocenters. The van der Waals surface area contributed by atoms with Crippen molar-refractivity contribution in [2.24, 2.45) is 5.92 Å². The zero-order chi connectivity index (χ0) is 7.61. The maximum absolute atomic E-state index is 13.7. The van der Waals surface area contributed by atoms with E-state index < -0.39 is 5.67 Å². The minimum absolute atomic E-state index is 0.186. The van der Waals surface area contributed by atoms with Crippen molar-refractivity contribution in [2.75, 3.05) is 13.1 Å². The molecule has 0 saturated carbocycles. The fourth-order valence-electron chi connectivity index (χ4n) is 1.57. The Bertz CT molecular complexity index is 116. The van der Waals surface area contributed by atoms with Crippen LogP contribution >= 0.6 is 0 Å². The second-order valence-corrected chi connectivity index (χ2v) is 3.24. The molecule has 2 atom stereocenters. The van der Waals surface area contributed by atoms with Crippen LogP contribution in [0, 0.1) is 5.92 Å². The van der Waals surface area contributed by atoms with E-state index in [0.29, 0.717) is 12.8 Å². The quantitative estimate of drug-likeness (QED) is 0.592. The highest BCUT2D eigenvalue weighted by Crippen LogP contribution is 2.31. The summed E-state index contributed by atoms with van der Waals surface area (Å²) in [7, 11) is 0. The van der Waals surface area contributed by atoms with Gasteiger partial charge in [-0.25, -0.2) is 4.39 Å². The van der Waals surface area contributed by atoms with Gasteiger partial charge in [0.2, 0.25) is 0 Å². The van der Waals surface area contributed by atoms with E-state index in [1.807, 2.05) is 13.8 Å². The number of piperidine rings is 1. The highest BCUT2D eigenvalue weighted by molar-refractivity contribution is 4.88. The van der Waals surface area contributed by atoms with Crippen molar-refractivity contribution in [3.8, 4) is 0 Å². The number of halogens is 1. The molecule has 1 rings (SSSR count). The zero-order valence-electron chi connectivity index (χ0n) is 6.78. The summed E-state index contributed by atoms with van der Waals surface area (Å²) in [6.07, 6.45) is 1.35. The van der Waals surface area contributed by atoms with Gasteiger partial charge in [-0.3, -0.25) is 0 Å². The van der Waals surface area contributed by atoms with E-state index >= 15 is 0 Å². The van der Waals surface area contributed by atoms with Gasteiger partial charge in [-0.15, -0.1) is 0 Å². The number of rotatable bonds is 1. The Labute approximate surface area is 62.0 Å². The van der Waals surface area contributed by atoms with E-state index in [1.54, 1.807) is 0 Å². The fraction of sp³-hybridized carbons (Fsp3) is 1.00. The van der Waals surface area contributed by atoms with Gasteiger partial charge < -0.3 is 5.32 Å². The molecule has 10 heavy (non-hydrogen) atoms. The highest BCUT2D eigenvalue weighted by atomic mass is 19.1. The molecule has 0 aliphatic carbocycles. The molecule has 1 fully saturated rings. The maximum atomic E-state index is 13.7. The molecule has 0 aromatic heterocycles. The molecule has 0 aromatic rings. The van der Waals surface area contributed by atoms with Crippen LogP contribution in [0.15, 0.2) is 0 Å². The first kappa shape index (κ1) is 7.99. The summed E-state index contributed by atoms with van der Waals surface area (Å²) in [5.41, 5.74) is -0.884. The summed E-state index contributed by atoms with van der Waals surface area (Å²) in [5, 5.41) is 3.18. The second kappa shape index (κ2) is 2.87. The summed E-state index contributed by atoms with van der Waals surface area (Å²) < 4.78 is 13.7. The molecule has 0 aromatic carbocycles. The molecule has 2 heteroatoms. The number of hydrogen-bond acceptors (Lipinski definition) is 1. The first-order valence-corrected chi connectivity index (χ1v) is 4.08. The van der Waals surface area contributed by atoms with Crippen LogP contribution in [0.1, 0.15) is 26.7 Å². The van der Waals surface area contributed by atoms with Crippen molar-refractivity contribution in [3.63, 3.8) is 0 Å². The van der Waals surface area contributed by atoms with Gasteiger partial charge in [0.25, 0.3) is 0 Å². The number of hydrogen-bond donors (Lipinski definition) is 1. The minimum atomic E-state index is -0.884. The predicted molar refractivity (Wildman–Crippen MR) is 40.8 cm³/mol. The summed E-state index contributed by atoms with van der Waals surface area (Å²) >= 11 is 0. The Morgan fingerprint density at radius 1 is 1.70 bits per heavy atom. The van der Waals surface area contributed by atoms with Gasteiger partial charge >= 0.3 is 0 Å². The van der Waals surface area contributed by atoms with E-state index in [2.05, 4.69) is 5.32 Å². The molecule has 1 aliphatic rings. The molecule has 1 saturated heterocycles. The summed E-state index contributed by atoms with van der Waals surface area (Å²) in [4.78, 5) is 0. The van der Waals surface area contributed by atoms with Gasteiger partial charge in [-0.05, 0) is 19.4 Å². The monoisotopic (exact) mass is 145 g/mol. The fourth-order valence-corrected chi connectivity index (χ4v) is 1.57. The lowest BCUT2D eigenvalue weighted by molar-refractivity contribution is 0.0539. The van der Waals surface area contributed by atoms with E-state index in [9.17, 15) is 4.39 Å². The lowest BCUT2D eigenvalue weighted by Gasteiger charge is -2.35. The van der Waals surface area contributed by atoms with Crippen LogP contribution in [0.5, 0.6) is 0 Å². The molecule has 1 N–H and O–H groups in total. The average molecular weight is 145 g/mol. The number of nitrogens with one attached hydrogen (secondary N) is 1. The average Bonchev–Trinajstić information content (AvgIpc) is 1.96. The second-order valence-electron chi connectivity index (χ2n) is 3.24. The van der Waals surface area contributed by atoms with E-state index in [-0.39, 0.29) is 5.92 Å². The Kier molecular flexibility index (Phi) is 2.29. The van der Waals surface area contributed by atoms with Crippen molar-refractivity contribution in [3.05, 3.63) is 0 Å². The van der Waals surface area contributed by atoms with Crippen LogP contribution in [-0.2, 0) is 0 Å². The molecular formula is C8H16FN. The maximum Gasteiger partial charge on any atom is 0.115 e. The highest BCUT2D eigenvalue weighted by Gasteiger charge is 2.36. The van der Waals surface area contributed by atoms with Crippen molar-refractivity contribution < 1.29 is 4.39 Å². The lowest BCUT2D eigenvalue weighted by atomic mass is 9.83. The molecular weight excluding hydrogens is 129 g/mol. The first-order chi connectivity index (χ1) is 4.69. The normalized spacial score (nSPS) is 41.7. The minimum Gasteiger partial charge on any atom is -0.316 e. The van der Waals surface area contributed by atoms with Gasteiger partial charge in [-0.1, -0.05) is 13.8 Å². The van der Waals surface area contributed by atoms with Crippen LogP contribution in [-0.4, -0.2) is 18.8 Å². The van der Waals surface area contributed by atoms with Crippen molar-refractivity contribution in [1.29, 1.82) is 0 Å². The molecule has 60 valence electrons. The predicted octanol–water partition coefficient (Wildman–Crippen LogP) is 1.73. The summed E-state index contributed by atoms with van der Waals surface area (Å²) in [5.74, 6) is 0.186. The molecule has 1 aliphatic heterocycles. The van der Waals surface area contributed by atoms with Crippen molar-refractivity contribution >= 4 is 0 Å². The molecule has 0 radical (unpaired) electrons. The van der Waals surface area contributed by atoms with E-state index in [1.165, 1.54) is 0 Å². The van der Waals surface area contributed by atoms with E-state index in [0.717, 1.165) is 13.1 Å². The largest absolute Gasteiger partial charge is 0.316 e. The van der Waals surface area contributed by atoms with Gasteiger partial charge in [0.1, 0.15) is 5.67 Å². The van der Waals surface area contributed by atoms with Crippen LogP contribution in [0.25, 0.3) is 0 Å². The van der Waals surface area contributed by atoms with Crippen molar-refractivity contribution in [2.45, 2.75) is 32.4 Å². The summed E-state index contributed by atoms with van der Waals surface area (Å²) in [6, 6.07) is 0. The van der Waals surface area contributed by atoms with Crippen LogP contribution in [0.4, 0.5) is 4.39 Å². The van der Waals surface area contributed by atoms with Gasteiger partial charge in [0.15, 0.2) is 0 Å². The third kappa shape index (κ3) is 1.31. The molecule has 0 spiro atoms. The molecule has 1 heterocycles. The van der Waals surface area contributed by atoms with Crippen LogP contribution in [0.3, 0.4) is 0 Å². The van der Waals surface area contributed by atoms with Gasteiger partial charge in [0.05, 0.1) is 0 Å². The lowest BCUT2D eigenvalue weighted by Crippen LogP contribution is -2.45. The third-order valence-corrected chi connectivity index (χ3v) is 2.64. The molecule has 0 bridgehead atoms. The van der Waals surface area contributed by atoms with Gasteiger partial charge in [0, 0.05) is 12.5 Å². The Hall–Kier alpha value is -0.110. The first-order valence-electron chi connectivity index (χ1n) is 4.08. The van der Waals surface area contributed by atoms with Gasteiger partial charge in [-0.2, -0.15) is 0 Å². The SMILES string of the molecule is CCC1(F)CCNC[C@@H]1C. The standard InChI is InChI=1S/C8H16FN/c1-3-8(9)4-5-10-6-7(8)2/h7,10H,3-6H2,1-2H3/t7-,8?/m0/s1. The van der Waals surface area contributed by atoms with Crippen molar-refractivity contribution in [1.82, 2.24) is 5.32 Å². The Morgan fingerprint density at radius 2 is 2.40 bits per heavy atom. The van der Waals surface area contributed by atoms with Crippen LogP contribution < -0.4 is 5.32 Å². The third-order valence-electron chi connectivity index (χ3n) is 2.64. The van der Waals surface area contributed by atoms with Crippen LogP contribution in [0.2, 0.25) is 0 Å². The molecule has 1 nitrogen and oxygen atoms in total. The Balaban J connectivity index is 2.54. The molecule has 0 amide bonds. The number of alkyl halides is 1. The summed E-state index contributed by atoms with van der Waals surface area (Å²) in [6.45, 7) is 5.59. The topological polar surface area (TPSA) is 12.0 Å². The zero-order valence-corrected chi connectivity index (χ0v) is 6.78.